The molecule has 0 saturated heterocycles. The van der Waals surface area contributed by atoms with Crippen LogP contribution >= 0.6 is 23.2 Å². The summed E-state index contributed by atoms with van der Waals surface area (Å²) >= 11 is 13.7. The average Bonchev–Trinajstić information content (AvgIpc) is 3.25. The Morgan fingerprint density at radius 2 is 1.34 bits per heavy atom. The zero-order chi connectivity index (χ0) is 45.7. The van der Waals surface area contributed by atoms with Crippen LogP contribution in [0.4, 0.5) is 5.69 Å². The number of amides is 2. The Hall–Kier alpha value is -7.68. The topological polar surface area (TPSA) is 203 Å². The molecule has 2 amide bonds. The number of aromatic hydroxyl groups is 1. The number of carboxylic acids is 2. The molecule has 16 heteroatoms. The second kappa shape index (κ2) is 16.9. The van der Waals surface area contributed by atoms with Gasteiger partial charge >= 0.3 is 11.9 Å². The molecule has 4 aromatic carbocycles. The van der Waals surface area contributed by atoms with Gasteiger partial charge in [0.1, 0.15) is 42.5 Å². The largest absolute Gasteiger partial charge is 0.508 e. The lowest BCUT2D eigenvalue weighted by molar-refractivity contribution is -0.120. The van der Waals surface area contributed by atoms with Crippen molar-refractivity contribution in [3.8, 4) is 50.7 Å². The summed E-state index contributed by atoms with van der Waals surface area (Å²) in [7, 11) is 7.52. The first kappa shape index (κ1) is 43.0. The molecule has 4 aromatic rings. The molecular formula is C48H37Cl2N4O10+. The van der Waals surface area contributed by atoms with Crippen LogP contribution in [0, 0.1) is 0 Å². The number of halogens is 2. The van der Waals surface area contributed by atoms with Gasteiger partial charge in [0, 0.05) is 89.2 Å². The molecule has 2 heterocycles. The van der Waals surface area contributed by atoms with Crippen molar-refractivity contribution in [2.45, 2.75) is 6.54 Å². The quantitative estimate of drug-likeness (QED) is 0.0667. The third kappa shape index (κ3) is 7.96. The number of benzene rings is 6. The van der Waals surface area contributed by atoms with E-state index < -0.39 is 40.9 Å². The fourth-order valence-corrected chi connectivity index (χ4v) is 8.31. The SMILES string of the molecule is CN(C)c1ccc2c(-c3c(Cl)cc(C(=O)NCC(=O)NCc4ccc(-c5c6ccc(=O)cc-6oc6cc(O)ccc56)c(C(=O)O)c4)c(Cl)c3C(=O)O)c3ccc(=[N+](C)C)cc-3oc2c1. The second-order valence-electron chi connectivity index (χ2n) is 15.4. The van der Waals surface area contributed by atoms with Gasteiger partial charge in [-0.2, -0.15) is 0 Å². The lowest BCUT2D eigenvalue weighted by Crippen LogP contribution is -2.36. The molecule has 0 aromatic heterocycles. The van der Waals surface area contributed by atoms with E-state index in [-0.39, 0.29) is 50.8 Å². The molecule has 0 spiro atoms. The van der Waals surface area contributed by atoms with Gasteiger partial charge in [0.2, 0.25) is 11.3 Å². The zero-order valence-electron chi connectivity index (χ0n) is 34.5. The Bertz CT molecular complexity index is 3350. The van der Waals surface area contributed by atoms with Crippen LogP contribution in [0.15, 0.2) is 111 Å². The number of nitrogens with one attached hydrogen (secondary N) is 2. The number of carbonyl (C=O) groups is 4. The molecule has 0 bridgehead atoms. The van der Waals surface area contributed by atoms with E-state index in [2.05, 4.69) is 10.6 Å². The van der Waals surface area contributed by atoms with E-state index in [1.54, 1.807) is 36.4 Å². The van der Waals surface area contributed by atoms with Crippen LogP contribution < -0.4 is 30.9 Å². The van der Waals surface area contributed by atoms with E-state index in [4.69, 9.17) is 32.0 Å². The van der Waals surface area contributed by atoms with E-state index in [1.165, 1.54) is 36.4 Å². The van der Waals surface area contributed by atoms with Crippen LogP contribution in [-0.4, -0.2) is 73.8 Å². The Kier molecular flexibility index (Phi) is 11.3. The van der Waals surface area contributed by atoms with Crippen LogP contribution in [0.25, 0.3) is 66.8 Å². The van der Waals surface area contributed by atoms with Crippen LogP contribution in [0.1, 0.15) is 36.6 Å². The van der Waals surface area contributed by atoms with Gasteiger partial charge < -0.3 is 39.7 Å². The summed E-state index contributed by atoms with van der Waals surface area (Å²) in [5, 5.41) is 37.6. The van der Waals surface area contributed by atoms with Gasteiger partial charge in [-0.25, -0.2) is 14.2 Å². The third-order valence-corrected chi connectivity index (χ3v) is 11.5. The number of phenolic OH excluding ortho intramolecular Hbond substituents is 1. The summed E-state index contributed by atoms with van der Waals surface area (Å²) in [4.78, 5) is 66.5. The van der Waals surface area contributed by atoms with Crippen LogP contribution in [0.3, 0.4) is 0 Å². The highest BCUT2D eigenvalue weighted by Crippen LogP contribution is 2.47. The number of phenols is 1. The Balaban J connectivity index is 1.06. The third-order valence-electron chi connectivity index (χ3n) is 10.8. The lowest BCUT2D eigenvalue weighted by atomic mass is 9.89. The molecule has 0 unspecified atom stereocenters. The maximum atomic E-state index is 13.6. The Morgan fingerprint density at radius 3 is 2.05 bits per heavy atom. The first-order valence-corrected chi connectivity index (χ1v) is 20.3. The number of anilines is 1. The maximum Gasteiger partial charge on any atom is 0.337 e. The van der Waals surface area contributed by atoms with Gasteiger partial charge in [-0.3, -0.25) is 14.4 Å². The summed E-state index contributed by atoms with van der Waals surface area (Å²) in [5.41, 5.74) is 3.07. The second-order valence-corrected chi connectivity index (χ2v) is 16.1. The van der Waals surface area contributed by atoms with Crippen molar-refractivity contribution in [2.75, 3.05) is 39.6 Å². The number of rotatable bonds is 10. The van der Waals surface area contributed by atoms with Gasteiger partial charge in [0.05, 0.1) is 39.3 Å². The van der Waals surface area contributed by atoms with Crippen molar-refractivity contribution in [1.82, 2.24) is 15.2 Å². The van der Waals surface area contributed by atoms with Crippen LogP contribution in [0.2, 0.25) is 10.0 Å². The summed E-state index contributed by atoms with van der Waals surface area (Å²) in [6, 6.07) is 25.4. The predicted octanol–water partition coefficient (Wildman–Crippen LogP) is 7.64. The Labute approximate surface area is 373 Å². The standard InChI is InChI=1S/C48H36Cl2N4O10/c1-53(2)24-6-11-31-36(16-24)63-37-17-25(54(3)4)7-12-32(37)42(31)43-35(49)20-34(45(50)44(43)48(61)62)46(58)52-22-40(57)51-21-23-5-10-28(33(15-23)47(59)60)41-29-13-8-26(55)18-38(29)64-39-19-27(56)9-14-30(39)41/h5-20H,21-22H2,1-4H3,(H4-,51,52,55,56,57,58,59,60,61,62)/p+1. The number of hydrogen-bond acceptors (Lipinski definition) is 9. The van der Waals surface area contributed by atoms with Crippen LogP contribution in [0.5, 0.6) is 5.75 Å². The number of nitrogens with zero attached hydrogens (tertiary/aromatic N) is 2. The molecule has 14 nitrogen and oxygen atoms in total. The molecule has 0 fully saturated rings. The van der Waals surface area contributed by atoms with Crippen LogP contribution in [-0.2, 0) is 11.3 Å². The molecule has 322 valence electrons. The molecule has 8 rings (SSSR count). The average molecular weight is 901 g/mol. The van der Waals surface area contributed by atoms with Gasteiger partial charge in [0.25, 0.3) is 5.91 Å². The highest BCUT2D eigenvalue weighted by atomic mass is 35.5. The normalized spacial score (nSPS) is 11.3. The molecule has 5 N–H and O–H groups in total. The Morgan fingerprint density at radius 1 is 0.688 bits per heavy atom. The zero-order valence-corrected chi connectivity index (χ0v) is 36.0. The minimum atomic E-state index is -1.45. The van der Waals surface area contributed by atoms with Gasteiger partial charge in [-0.1, -0.05) is 35.3 Å². The minimum absolute atomic E-state index is 0.0701. The number of fused-ring (bicyclic) bond motifs is 4. The van der Waals surface area contributed by atoms with E-state index >= 15 is 0 Å². The summed E-state index contributed by atoms with van der Waals surface area (Å²) < 4.78 is 14.2. The van der Waals surface area contributed by atoms with E-state index in [0.717, 1.165) is 11.0 Å². The van der Waals surface area contributed by atoms with Crippen molar-refractivity contribution in [2.24, 2.45) is 0 Å². The molecule has 0 saturated carbocycles. The highest BCUT2D eigenvalue weighted by Gasteiger charge is 2.30. The van der Waals surface area contributed by atoms with Gasteiger partial charge in [-0.05, 0) is 65.7 Å². The molecule has 0 radical (unpaired) electrons. The molecule has 64 heavy (non-hydrogen) atoms. The molecule has 2 aliphatic carbocycles. The summed E-state index contributed by atoms with van der Waals surface area (Å²) in [6.07, 6.45) is 0. The smallest absolute Gasteiger partial charge is 0.337 e. The highest BCUT2D eigenvalue weighted by molar-refractivity contribution is 6.41. The summed E-state index contributed by atoms with van der Waals surface area (Å²) in [5.74, 6) is -3.67. The first-order valence-electron chi connectivity index (χ1n) is 19.6. The van der Waals surface area contributed by atoms with E-state index in [0.29, 0.717) is 55.5 Å². The molecule has 4 aliphatic rings. The van der Waals surface area contributed by atoms with Crippen molar-refractivity contribution < 1.29 is 43.3 Å². The molecule has 0 atom stereocenters. The maximum absolute atomic E-state index is 13.6. The molecular weight excluding hydrogens is 863 g/mol. The monoisotopic (exact) mass is 899 g/mol. The fraction of sp³-hybridized carbons (Fsp3) is 0.125. The van der Waals surface area contributed by atoms with Crippen molar-refractivity contribution >= 4 is 74.6 Å². The summed E-state index contributed by atoms with van der Waals surface area (Å²) in [6.45, 7) is -0.686. The van der Waals surface area contributed by atoms with E-state index in [9.17, 15) is 39.3 Å². The van der Waals surface area contributed by atoms with Crippen molar-refractivity contribution in [3.05, 3.63) is 145 Å². The van der Waals surface area contributed by atoms with Crippen molar-refractivity contribution in [3.63, 3.8) is 0 Å². The number of aromatic carboxylic acids is 2. The first-order chi connectivity index (χ1) is 30.5. The van der Waals surface area contributed by atoms with Crippen molar-refractivity contribution in [1.29, 1.82) is 0 Å². The predicted molar refractivity (Wildman–Crippen MR) is 244 cm³/mol. The number of carboxylic acid groups (broad SMARTS) is 2. The van der Waals surface area contributed by atoms with E-state index in [1.807, 2.05) is 61.9 Å². The lowest BCUT2D eigenvalue weighted by Gasteiger charge is -2.21. The van der Waals surface area contributed by atoms with Gasteiger partial charge in [-0.15, -0.1) is 0 Å². The fourth-order valence-electron chi connectivity index (χ4n) is 7.69. The number of carbonyl (C=O) groups excluding carboxylic acids is 2. The van der Waals surface area contributed by atoms with Gasteiger partial charge in [0.15, 0.2) is 5.43 Å². The number of hydrogen-bond donors (Lipinski definition) is 5. The minimum Gasteiger partial charge on any atom is -0.508 e. The molecule has 2 aliphatic heterocycles.